The Labute approximate surface area is 193 Å². The fraction of sp³-hybridized carbons (Fsp3) is 0.417. The molecule has 4 rings (SSSR count). The van der Waals surface area contributed by atoms with Crippen molar-refractivity contribution in [2.45, 2.75) is 56.6 Å². The van der Waals surface area contributed by atoms with E-state index in [0.29, 0.717) is 37.3 Å². The van der Waals surface area contributed by atoms with Gasteiger partial charge in [-0.25, -0.2) is 13.4 Å². The highest BCUT2D eigenvalue weighted by atomic mass is 32.2. The van der Waals surface area contributed by atoms with Gasteiger partial charge in [0, 0.05) is 30.9 Å². The van der Waals surface area contributed by atoms with Crippen LogP contribution in [0.5, 0.6) is 5.75 Å². The molecule has 1 aliphatic heterocycles. The Balaban J connectivity index is 1.48. The molecule has 9 heteroatoms. The van der Waals surface area contributed by atoms with Gasteiger partial charge in [0.1, 0.15) is 17.9 Å². The summed E-state index contributed by atoms with van der Waals surface area (Å²) in [4.78, 5) is 15.9. The predicted octanol–water partition coefficient (Wildman–Crippen LogP) is 3.87. The smallest absolute Gasteiger partial charge is 0.323 e. The van der Waals surface area contributed by atoms with Crippen molar-refractivity contribution in [2.24, 2.45) is 0 Å². The van der Waals surface area contributed by atoms with Crippen LogP contribution in [0.15, 0.2) is 53.7 Å². The summed E-state index contributed by atoms with van der Waals surface area (Å²) in [7, 11) is -3.59. The van der Waals surface area contributed by atoms with Crippen LogP contribution in [0.1, 0.15) is 44.6 Å². The third-order valence-corrected chi connectivity index (χ3v) is 8.15. The van der Waals surface area contributed by atoms with Gasteiger partial charge < -0.3 is 14.4 Å². The van der Waals surface area contributed by atoms with Crippen molar-refractivity contribution in [1.29, 1.82) is 0 Å². The summed E-state index contributed by atoms with van der Waals surface area (Å²) in [6, 6.07) is 10.4. The molecule has 2 aromatic heterocycles. The molecule has 0 aliphatic carbocycles. The number of sulfonamides is 1. The van der Waals surface area contributed by atoms with Gasteiger partial charge in [0.2, 0.25) is 10.0 Å². The van der Waals surface area contributed by atoms with Gasteiger partial charge in [0.05, 0.1) is 11.0 Å². The Morgan fingerprint density at radius 1 is 1.21 bits per heavy atom. The van der Waals surface area contributed by atoms with Crippen molar-refractivity contribution in [3.05, 3.63) is 54.4 Å². The zero-order valence-electron chi connectivity index (χ0n) is 18.8. The molecule has 1 saturated heterocycles. The number of nitrogens with zero attached hydrogens (tertiary/aromatic N) is 3. The van der Waals surface area contributed by atoms with E-state index < -0.39 is 16.0 Å². The molecular formula is C24H29N3O5S. The van der Waals surface area contributed by atoms with Crippen LogP contribution in [0.4, 0.5) is 0 Å². The lowest BCUT2D eigenvalue weighted by Crippen LogP contribution is -2.37. The van der Waals surface area contributed by atoms with Crippen molar-refractivity contribution in [2.75, 3.05) is 13.1 Å². The van der Waals surface area contributed by atoms with Gasteiger partial charge in [-0.1, -0.05) is 6.92 Å². The Kier molecular flexibility index (Phi) is 6.71. The summed E-state index contributed by atoms with van der Waals surface area (Å²) in [5.41, 5.74) is 1.67. The summed E-state index contributed by atoms with van der Waals surface area (Å²) >= 11 is 0. The molecule has 0 amide bonds. The Morgan fingerprint density at radius 2 is 1.91 bits per heavy atom. The Bertz CT molecular complexity index is 1230. The van der Waals surface area contributed by atoms with E-state index in [-0.39, 0.29) is 23.5 Å². The summed E-state index contributed by atoms with van der Waals surface area (Å²) in [5.74, 6) is -0.122. The van der Waals surface area contributed by atoms with Gasteiger partial charge in [-0.15, -0.1) is 0 Å². The molecule has 1 N–H and O–H groups in total. The third-order valence-electron chi connectivity index (χ3n) is 6.24. The molecule has 3 aromatic rings. The SMILES string of the molecule is CC[C@@H](C)Oc1ccc(S(=O)(=O)N2CCC(c3cn(CC(=O)O)c4ncccc34)CC2)cc1. The highest BCUT2D eigenvalue weighted by Gasteiger charge is 2.31. The fourth-order valence-corrected chi connectivity index (χ4v) is 5.77. The standard InChI is InChI=1S/C24H29N3O5S/c1-3-17(2)32-19-6-8-20(9-7-19)33(30,31)27-13-10-18(11-14-27)22-15-26(16-23(28)29)24-21(22)5-4-12-25-24/h4-9,12,15,17-18H,3,10-11,13-14,16H2,1-2H3,(H,28,29)/t17-/m1/s1. The first-order chi connectivity index (χ1) is 15.8. The first-order valence-electron chi connectivity index (χ1n) is 11.2. The predicted molar refractivity (Wildman–Crippen MR) is 125 cm³/mol. The van der Waals surface area contributed by atoms with E-state index in [0.717, 1.165) is 17.4 Å². The molecule has 8 nitrogen and oxygen atoms in total. The number of ether oxygens (including phenoxy) is 1. The first kappa shape index (κ1) is 23.3. The van der Waals surface area contributed by atoms with Crippen LogP contribution < -0.4 is 4.74 Å². The molecule has 0 spiro atoms. The quantitative estimate of drug-likeness (QED) is 0.535. The number of carbonyl (C=O) groups is 1. The topological polar surface area (TPSA) is 102 Å². The summed E-state index contributed by atoms with van der Waals surface area (Å²) < 4.78 is 35.3. The number of rotatable bonds is 8. The number of hydrogen-bond donors (Lipinski definition) is 1. The van der Waals surface area contributed by atoms with Gasteiger partial charge in [0.15, 0.2) is 0 Å². The summed E-state index contributed by atoms with van der Waals surface area (Å²) in [5, 5.41) is 10.1. The number of carboxylic acids is 1. The molecule has 3 heterocycles. The van der Waals surface area contributed by atoms with Crippen LogP contribution in [0.2, 0.25) is 0 Å². The molecule has 0 unspecified atom stereocenters. The van der Waals surface area contributed by atoms with E-state index in [2.05, 4.69) is 4.98 Å². The highest BCUT2D eigenvalue weighted by Crippen LogP contribution is 2.35. The second-order valence-electron chi connectivity index (χ2n) is 8.47. The minimum atomic E-state index is -3.59. The maximum atomic E-state index is 13.2. The first-order valence-corrected chi connectivity index (χ1v) is 12.7. The largest absolute Gasteiger partial charge is 0.491 e. The van der Waals surface area contributed by atoms with Crippen molar-refractivity contribution in [3.63, 3.8) is 0 Å². The molecular weight excluding hydrogens is 442 g/mol. The average Bonchev–Trinajstić information content (AvgIpc) is 3.17. The molecule has 0 radical (unpaired) electrons. The second-order valence-corrected chi connectivity index (χ2v) is 10.4. The fourth-order valence-electron chi connectivity index (χ4n) is 4.30. The van der Waals surface area contributed by atoms with Crippen molar-refractivity contribution in [3.8, 4) is 5.75 Å². The lowest BCUT2D eigenvalue weighted by Gasteiger charge is -2.31. The number of piperidine rings is 1. The minimum absolute atomic E-state index is 0.0723. The molecule has 0 saturated carbocycles. The van der Waals surface area contributed by atoms with Crippen LogP contribution in [-0.2, 0) is 21.4 Å². The van der Waals surface area contributed by atoms with Gasteiger partial charge >= 0.3 is 5.97 Å². The number of aromatic nitrogens is 2. The monoisotopic (exact) mass is 471 g/mol. The number of carboxylic acid groups (broad SMARTS) is 1. The van der Waals surface area contributed by atoms with Crippen LogP contribution >= 0.6 is 0 Å². The van der Waals surface area contributed by atoms with Gasteiger partial charge in [-0.05, 0) is 74.1 Å². The van der Waals surface area contributed by atoms with Gasteiger partial charge in [-0.3, -0.25) is 4.79 Å². The summed E-state index contributed by atoms with van der Waals surface area (Å²) in [6.07, 6.45) is 5.78. The number of fused-ring (bicyclic) bond motifs is 1. The number of benzene rings is 1. The molecule has 176 valence electrons. The minimum Gasteiger partial charge on any atom is -0.491 e. The third kappa shape index (κ3) is 4.89. The molecule has 1 aliphatic rings. The zero-order valence-corrected chi connectivity index (χ0v) is 19.7. The van der Waals surface area contributed by atoms with E-state index in [1.165, 1.54) is 4.31 Å². The molecule has 1 atom stereocenters. The van der Waals surface area contributed by atoms with Crippen molar-refractivity contribution in [1.82, 2.24) is 13.9 Å². The molecule has 1 fully saturated rings. The van der Waals surface area contributed by atoms with Crippen LogP contribution in [0.3, 0.4) is 0 Å². The Hall–Kier alpha value is -2.91. The summed E-state index contributed by atoms with van der Waals surface area (Å²) in [6.45, 7) is 4.67. The van der Waals surface area contributed by atoms with Crippen LogP contribution in [-0.4, -0.2) is 52.5 Å². The van der Waals surface area contributed by atoms with Crippen LogP contribution in [0.25, 0.3) is 11.0 Å². The number of pyridine rings is 1. The number of hydrogen-bond acceptors (Lipinski definition) is 5. The maximum Gasteiger partial charge on any atom is 0.323 e. The van der Waals surface area contributed by atoms with Crippen molar-refractivity contribution >= 4 is 27.0 Å². The lowest BCUT2D eigenvalue weighted by molar-refractivity contribution is -0.137. The zero-order chi connectivity index (χ0) is 23.6. The van der Waals surface area contributed by atoms with Crippen LogP contribution in [0, 0.1) is 0 Å². The van der Waals surface area contributed by atoms with E-state index >= 15 is 0 Å². The van der Waals surface area contributed by atoms with E-state index in [1.807, 2.05) is 32.2 Å². The molecule has 33 heavy (non-hydrogen) atoms. The lowest BCUT2D eigenvalue weighted by atomic mass is 9.90. The Morgan fingerprint density at radius 3 is 2.55 bits per heavy atom. The maximum absolute atomic E-state index is 13.2. The normalized spacial score (nSPS) is 16.7. The van der Waals surface area contributed by atoms with Gasteiger partial charge in [-0.2, -0.15) is 4.31 Å². The van der Waals surface area contributed by atoms with E-state index in [4.69, 9.17) is 4.74 Å². The second kappa shape index (κ2) is 9.52. The molecule has 1 aromatic carbocycles. The number of aliphatic carboxylic acids is 1. The van der Waals surface area contributed by atoms with E-state index in [1.54, 1.807) is 35.0 Å². The average molecular weight is 472 g/mol. The highest BCUT2D eigenvalue weighted by molar-refractivity contribution is 7.89. The van der Waals surface area contributed by atoms with Crippen molar-refractivity contribution < 1.29 is 23.1 Å². The molecule has 0 bridgehead atoms. The van der Waals surface area contributed by atoms with E-state index in [9.17, 15) is 18.3 Å². The van der Waals surface area contributed by atoms with Gasteiger partial charge in [0.25, 0.3) is 0 Å².